The van der Waals surface area contributed by atoms with Crippen LogP contribution in [-0.4, -0.2) is 42.2 Å². The Labute approximate surface area is 145 Å². The number of hydrogen-bond donors (Lipinski definition) is 2. The average Bonchev–Trinajstić information content (AvgIpc) is 3.05. The van der Waals surface area contributed by atoms with Crippen LogP contribution in [0, 0.1) is 0 Å². The highest BCUT2D eigenvalue weighted by Crippen LogP contribution is 2.25. The van der Waals surface area contributed by atoms with Crippen molar-refractivity contribution in [1.82, 2.24) is 14.7 Å². The number of benzene rings is 1. The van der Waals surface area contributed by atoms with E-state index in [4.69, 9.17) is 15.2 Å². The fourth-order valence-corrected chi connectivity index (χ4v) is 2.42. The van der Waals surface area contributed by atoms with Gasteiger partial charge in [0.2, 0.25) is 0 Å². The minimum Gasteiger partial charge on any atom is -0.480 e. The lowest BCUT2D eigenvalue weighted by molar-refractivity contribution is -0.123. The molecule has 3 N–H and O–H groups in total. The second-order valence-electron chi connectivity index (χ2n) is 5.49. The summed E-state index contributed by atoms with van der Waals surface area (Å²) in [7, 11) is 1.58. The van der Waals surface area contributed by atoms with Crippen molar-refractivity contribution in [2.75, 3.05) is 32.6 Å². The first-order valence-corrected chi connectivity index (χ1v) is 7.89. The maximum absolute atomic E-state index is 11.8. The number of rotatable bonds is 7. The summed E-state index contributed by atoms with van der Waals surface area (Å²) in [5.74, 6) is 0.334. The first kappa shape index (κ1) is 16.8. The fourth-order valence-electron chi connectivity index (χ4n) is 2.42. The number of nitrogens with one attached hydrogen (secondary N) is 1. The third-order valence-electron chi connectivity index (χ3n) is 3.62. The minimum atomic E-state index is -0.207. The molecule has 0 bridgehead atoms. The van der Waals surface area contributed by atoms with Gasteiger partial charge >= 0.3 is 0 Å². The smallest absolute Gasteiger partial charge is 0.258 e. The van der Waals surface area contributed by atoms with Gasteiger partial charge in [-0.15, -0.1) is 0 Å². The van der Waals surface area contributed by atoms with Crippen LogP contribution >= 0.6 is 0 Å². The summed E-state index contributed by atoms with van der Waals surface area (Å²) in [4.78, 5) is 16.4. The monoisotopic (exact) mass is 340 g/mol. The summed E-state index contributed by atoms with van der Waals surface area (Å²) in [5, 5.41) is 2.71. The van der Waals surface area contributed by atoms with E-state index in [9.17, 15) is 4.79 Å². The molecule has 7 heteroatoms. The number of imidazole rings is 1. The Bertz CT molecular complexity index is 876. The Balaban J connectivity index is 1.77. The maximum atomic E-state index is 11.8. The minimum absolute atomic E-state index is 0.0795. The van der Waals surface area contributed by atoms with Gasteiger partial charge in [0.05, 0.1) is 12.3 Å². The quantitative estimate of drug-likeness (QED) is 0.505. The number of pyridine rings is 1. The van der Waals surface area contributed by atoms with Gasteiger partial charge in [-0.2, -0.15) is 0 Å². The van der Waals surface area contributed by atoms with Crippen LogP contribution in [0.25, 0.3) is 16.9 Å². The third kappa shape index (κ3) is 4.07. The van der Waals surface area contributed by atoms with E-state index in [0.717, 1.165) is 11.3 Å². The molecule has 1 amide bonds. The van der Waals surface area contributed by atoms with Crippen molar-refractivity contribution in [2.45, 2.75) is 0 Å². The summed E-state index contributed by atoms with van der Waals surface area (Å²) < 4.78 is 12.4. The SMILES string of the molecule is COCCNC(=O)COc1cccn2cc(-c3cccc(N)c3)nc12. The van der Waals surface area contributed by atoms with Crippen LogP contribution in [0.3, 0.4) is 0 Å². The molecule has 130 valence electrons. The molecular formula is C18H20N4O3. The van der Waals surface area contributed by atoms with Gasteiger partial charge in [0.25, 0.3) is 5.91 Å². The Kier molecular flexibility index (Phi) is 5.15. The molecule has 0 radical (unpaired) electrons. The van der Waals surface area contributed by atoms with E-state index < -0.39 is 0 Å². The van der Waals surface area contributed by atoms with Crippen molar-refractivity contribution < 1.29 is 14.3 Å². The molecule has 0 unspecified atom stereocenters. The number of nitrogens with zero attached hydrogens (tertiary/aromatic N) is 2. The molecule has 0 aliphatic carbocycles. The number of carbonyl (C=O) groups is 1. The summed E-state index contributed by atoms with van der Waals surface area (Å²) in [6.07, 6.45) is 3.78. The van der Waals surface area contributed by atoms with E-state index in [0.29, 0.717) is 30.2 Å². The Morgan fingerprint density at radius 2 is 2.20 bits per heavy atom. The van der Waals surface area contributed by atoms with Crippen molar-refractivity contribution >= 4 is 17.2 Å². The van der Waals surface area contributed by atoms with Gasteiger partial charge in [0, 0.05) is 37.3 Å². The predicted molar refractivity (Wildman–Crippen MR) is 95.4 cm³/mol. The van der Waals surface area contributed by atoms with Crippen molar-refractivity contribution in [1.29, 1.82) is 0 Å². The van der Waals surface area contributed by atoms with Crippen LogP contribution in [0.2, 0.25) is 0 Å². The van der Waals surface area contributed by atoms with Crippen LogP contribution in [-0.2, 0) is 9.53 Å². The second-order valence-corrected chi connectivity index (χ2v) is 5.49. The zero-order chi connectivity index (χ0) is 17.6. The molecule has 2 aromatic heterocycles. The highest BCUT2D eigenvalue weighted by molar-refractivity contribution is 5.78. The summed E-state index contributed by atoms with van der Waals surface area (Å²) in [5.41, 5.74) is 8.87. The number of anilines is 1. The standard InChI is InChI=1S/C18H20N4O3/c1-24-9-7-20-17(23)12-25-16-6-3-8-22-11-15(21-18(16)22)13-4-2-5-14(19)10-13/h2-6,8,10-11H,7,9,12,19H2,1H3,(H,20,23). The molecule has 2 heterocycles. The Morgan fingerprint density at radius 1 is 1.32 bits per heavy atom. The topological polar surface area (TPSA) is 90.9 Å². The van der Waals surface area contributed by atoms with E-state index >= 15 is 0 Å². The lowest BCUT2D eigenvalue weighted by atomic mass is 10.1. The molecule has 0 aliphatic heterocycles. The van der Waals surface area contributed by atoms with Crippen molar-refractivity contribution in [3.63, 3.8) is 0 Å². The normalized spacial score (nSPS) is 10.8. The number of hydrogen-bond acceptors (Lipinski definition) is 5. The van der Waals surface area contributed by atoms with E-state index in [1.54, 1.807) is 13.2 Å². The zero-order valence-electron chi connectivity index (χ0n) is 13.9. The molecule has 3 rings (SSSR count). The van der Waals surface area contributed by atoms with Crippen molar-refractivity contribution in [3.05, 3.63) is 48.8 Å². The van der Waals surface area contributed by atoms with Gasteiger partial charge in [0.1, 0.15) is 0 Å². The molecule has 0 atom stereocenters. The molecule has 25 heavy (non-hydrogen) atoms. The van der Waals surface area contributed by atoms with Gasteiger partial charge in [0.15, 0.2) is 18.0 Å². The summed E-state index contributed by atoms with van der Waals surface area (Å²) in [6, 6.07) is 11.2. The third-order valence-corrected chi connectivity index (χ3v) is 3.62. The number of carbonyl (C=O) groups excluding carboxylic acids is 1. The van der Waals surface area contributed by atoms with E-state index in [1.165, 1.54) is 0 Å². The number of aromatic nitrogens is 2. The highest BCUT2D eigenvalue weighted by atomic mass is 16.5. The summed E-state index contributed by atoms with van der Waals surface area (Å²) in [6.45, 7) is 0.834. The van der Waals surface area contributed by atoms with Crippen LogP contribution in [0.4, 0.5) is 5.69 Å². The van der Waals surface area contributed by atoms with Crippen molar-refractivity contribution in [2.24, 2.45) is 0 Å². The average molecular weight is 340 g/mol. The van der Waals surface area contributed by atoms with E-state index in [2.05, 4.69) is 10.3 Å². The molecule has 1 aromatic carbocycles. The molecular weight excluding hydrogens is 320 g/mol. The van der Waals surface area contributed by atoms with Crippen LogP contribution in [0.15, 0.2) is 48.8 Å². The molecule has 0 saturated carbocycles. The Hall–Kier alpha value is -3.06. The van der Waals surface area contributed by atoms with Crippen molar-refractivity contribution in [3.8, 4) is 17.0 Å². The van der Waals surface area contributed by atoms with Gasteiger partial charge in [-0.1, -0.05) is 12.1 Å². The Morgan fingerprint density at radius 3 is 3.00 bits per heavy atom. The zero-order valence-corrected chi connectivity index (χ0v) is 13.9. The largest absolute Gasteiger partial charge is 0.480 e. The molecule has 0 spiro atoms. The lowest BCUT2D eigenvalue weighted by Gasteiger charge is -2.07. The first-order valence-electron chi connectivity index (χ1n) is 7.89. The van der Waals surface area contributed by atoms with Crippen LogP contribution in [0.5, 0.6) is 5.75 Å². The van der Waals surface area contributed by atoms with E-state index in [1.807, 2.05) is 47.1 Å². The molecule has 0 fully saturated rings. The number of ether oxygens (including phenoxy) is 2. The molecule has 0 saturated heterocycles. The van der Waals surface area contributed by atoms with Gasteiger partial charge in [-0.3, -0.25) is 4.79 Å². The molecule has 7 nitrogen and oxygen atoms in total. The van der Waals surface area contributed by atoms with Gasteiger partial charge in [-0.25, -0.2) is 4.98 Å². The molecule has 3 aromatic rings. The number of amides is 1. The van der Waals surface area contributed by atoms with Crippen LogP contribution in [0.1, 0.15) is 0 Å². The van der Waals surface area contributed by atoms with E-state index in [-0.39, 0.29) is 12.5 Å². The first-order chi connectivity index (χ1) is 12.2. The van der Waals surface area contributed by atoms with Gasteiger partial charge < -0.3 is 24.9 Å². The fraction of sp³-hybridized carbons (Fsp3) is 0.222. The number of methoxy groups -OCH3 is 1. The van der Waals surface area contributed by atoms with Crippen LogP contribution < -0.4 is 15.8 Å². The number of nitrogens with two attached hydrogens (primary N) is 1. The number of fused-ring (bicyclic) bond motifs is 1. The molecule has 0 aliphatic rings. The maximum Gasteiger partial charge on any atom is 0.258 e. The highest BCUT2D eigenvalue weighted by Gasteiger charge is 2.10. The lowest BCUT2D eigenvalue weighted by Crippen LogP contribution is -2.31. The second kappa shape index (κ2) is 7.67. The summed E-state index contributed by atoms with van der Waals surface area (Å²) >= 11 is 0. The van der Waals surface area contributed by atoms with Gasteiger partial charge in [-0.05, 0) is 24.3 Å². The predicted octanol–water partition coefficient (Wildman–Crippen LogP) is 1.72. The number of nitrogen functional groups attached to an aromatic ring is 1.